The van der Waals surface area contributed by atoms with Crippen molar-refractivity contribution < 1.29 is 14.6 Å². The van der Waals surface area contributed by atoms with Gasteiger partial charge in [-0.3, -0.25) is 9.97 Å². The molecule has 8 nitrogen and oxygen atoms in total. The van der Waals surface area contributed by atoms with Crippen LogP contribution in [0.1, 0.15) is 17.0 Å². The number of aromatic nitrogens is 4. The molecule has 8 heteroatoms. The van der Waals surface area contributed by atoms with Crippen molar-refractivity contribution in [2.45, 2.75) is 20.0 Å². The summed E-state index contributed by atoms with van der Waals surface area (Å²) in [4.78, 5) is 24.0. The molecule has 0 atom stereocenters. The number of aliphatic carboxylic acids is 1. The second kappa shape index (κ2) is 8.93. The van der Waals surface area contributed by atoms with Crippen molar-refractivity contribution in [2.24, 2.45) is 7.05 Å². The molecule has 2 aromatic heterocycles. The normalized spacial score (nSPS) is 11.0. The molecule has 0 unspecified atom stereocenters. The van der Waals surface area contributed by atoms with Gasteiger partial charge in [-0.25, -0.2) is 9.78 Å². The molecule has 0 aliphatic rings. The number of rotatable bonds is 8. The Kier molecular flexibility index (Phi) is 5.90. The van der Waals surface area contributed by atoms with E-state index in [1.54, 1.807) is 24.7 Å². The summed E-state index contributed by atoms with van der Waals surface area (Å²) in [7, 11) is 2.01. The van der Waals surface area contributed by atoms with Gasteiger partial charge in [0.2, 0.25) is 0 Å². The van der Waals surface area contributed by atoms with Gasteiger partial charge in [0.1, 0.15) is 11.6 Å². The molecule has 0 fully saturated rings. The highest BCUT2D eigenvalue weighted by Gasteiger charge is 2.10. The number of aryl methyl sites for hydroxylation is 2. The molecular formula is C23H23N5O3. The second-order valence-electron chi connectivity index (χ2n) is 7.24. The van der Waals surface area contributed by atoms with Crippen LogP contribution in [0.2, 0.25) is 0 Å². The molecule has 0 aliphatic carbocycles. The quantitative estimate of drug-likeness (QED) is 0.454. The van der Waals surface area contributed by atoms with E-state index in [0.717, 1.165) is 39.2 Å². The molecule has 0 saturated carbocycles. The van der Waals surface area contributed by atoms with Gasteiger partial charge >= 0.3 is 5.97 Å². The number of ether oxygens (including phenoxy) is 1. The number of nitrogens with zero attached hydrogens (tertiary/aromatic N) is 4. The highest BCUT2D eigenvalue weighted by molar-refractivity contribution is 5.76. The Morgan fingerprint density at radius 1 is 1.16 bits per heavy atom. The van der Waals surface area contributed by atoms with E-state index >= 15 is 0 Å². The summed E-state index contributed by atoms with van der Waals surface area (Å²) in [5.41, 5.74) is 5.65. The Labute approximate surface area is 179 Å². The Morgan fingerprint density at radius 2 is 2.03 bits per heavy atom. The molecule has 0 spiro atoms. The number of fused-ring (bicyclic) bond motifs is 1. The number of benzene rings is 2. The summed E-state index contributed by atoms with van der Waals surface area (Å²) < 4.78 is 7.54. The molecule has 158 valence electrons. The summed E-state index contributed by atoms with van der Waals surface area (Å²) in [6.45, 7) is 2.73. The number of carbonyl (C=O) groups is 1. The highest BCUT2D eigenvalue weighted by atomic mass is 16.5. The van der Waals surface area contributed by atoms with Crippen molar-refractivity contribution in [1.29, 1.82) is 0 Å². The van der Waals surface area contributed by atoms with Crippen LogP contribution in [-0.2, 0) is 24.9 Å². The highest BCUT2D eigenvalue weighted by Crippen LogP contribution is 2.26. The minimum atomic E-state index is -1.02. The van der Waals surface area contributed by atoms with Gasteiger partial charge in [-0.05, 0) is 42.8 Å². The Bertz CT molecular complexity index is 1220. The van der Waals surface area contributed by atoms with Gasteiger partial charge < -0.3 is 19.7 Å². The lowest BCUT2D eigenvalue weighted by Gasteiger charge is -2.13. The zero-order chi connectivity index (χ0) is 21.8. The van der Waals surface area contributed by atoms with Crippen LogP contribution in [0.5, 0.6) is 5.75 Å². The van der Waals surface area contributed by atoms with Gasteiger partial charge in [-0.15, -0.1) is 0 Å². The van der Waals surface area contributed by atoms with E-state index in [1.165, 1.54) is 0 Å². The second-order valence-corrected chi connectivity index (χ2v) is 7.24. The zero-order valence-corrected chi connectivity index (χ0v) is 17.4. The van der Waals surface area contributed by atoms with Gasteiger partial charge in [0.15, 0.2) is 6.61 Å². The Balaban J connectivity index is 1.52. The summed E-state index contributed by atoms with van der Waals surface area (Å²) >= 11 is 0. The van der Waals surface area contributed by atoms with Crippen molar-refractivity contribution in [2.75, 3.05) is 6.61 Å². The lowest BCUT2D eigenvalue weighted by Crippen LogP contribution is -2.15. The van der Waals surface area contributed by atoms with E-state index in [-0.39, 0.29) is 0 Å². The smallest absolute Gasteiger partial charge is 0.341 e. The molecule has 2 aromatic carbocycles. The number of hydrogen-bond donors (Lipinski definition) is 2. The topological polar surface area (TPSA) is 102 Å². The first-order valence-corrected chi connectivity index (χ1v) is 9.88. The summed E-state index contributed by atoms with van der Waals surface area (Å²) in [6, 6.07) is 11.8. The average Bonchev–Trinajstić information content (AvgIpc) is 3.06. The minimum absolute atomic E-state index is 0.396. The molecule has 0 amide bonds. The molecule has 0 aliphatic heterocycles. The molecule has 2 heterocycles. The van der Waals surface area contributed by atoms with Crippen molar-refractivity contribution >= 4 is 17.0 Å². The van der Waals surface area contributed by atoms with Gasteiger partial charge in [0, 0.05) is 43.7 Å². The molecule has 0 bridgehead atoms. The summed E-state index contributed by atoms with van der Waals surface area (Å²) in [5.74, 6) is 0.482. The third-order valence-corrected chi connectivity index (χ3v) is 5.08. The van der Waals surface area contributed by atoms with Crippen molar-refractivity contribution in [3.63, 3.8) is 0 Å². The molecule has 0 radical (unpaired) electrons. The first kappa shape index (κ1) is 20.5. The predicted molar refractivity (Wildman–Crippen MR) is 117 cm³/mol. The van der Waals surface area contributed by atoms with Gasteiger partial charge in [-0.2, -0.15) is 0 Å². The van der Waals surface area contributed by atoms with Crippen LogP contribution in [0.15, 0.2) is 55.0 Å². The van der Waals surface area contributed by atoms with Gasteiger partial charge in [0.25, 0.3) is 0 Å². The lowest BCUT2D eigenvalue weighted by atomic mass is 10.1. The van der Waals surface area contributed by atoms with Crippen LogP contribution < -0.4 is 10.1 Å². The average molecular weight is 417 g/mol. The Morgan fingerprint density at radius 3 is 2.81 bits per heavy atom. The Hall–Kier alpha value is -3.78. The van der Waals surface area contributed by atoms with Crippen LogP contribution >= 0.6 is 0 Å². The van der Waals surface area contributed by atoms with E-state index in [4.69, 9.17) is 9.84 Å². The molecule has 0 saturated heterocycles. The molecule has 2 N–H and O–H groups in total. The van der Waals surface area contributed by atoms with E-state index in [9.17, 15) is 4.79 Å². The van der Waals surface area contributed by atoms with Gasteiger partial charge in [-0.1, -0.05) is 6.07 Å². The summed E-state index contributed by atoms with van der Waals surface area (Å²) in [5, 5.41) is 12.4. The minimum Gasteiger partial charge on any atom is -0.482 e. The van der Waals surface area contributed by atoms with Gasteiger partial charge in [0.05, 0.1) is 22.9 Å². The van der Waals surface area contributed by atoms with Crippen molar-refractivity contribution in [1.82, 2.24) is 24.8 Å². The zero-order valence-electron chi connectivity index (χ0n) is 17.4. The van der Waals surface area contributed by atoms with E-state index in [0.29, 0.717) is 18.8 Å². The van der Waals surface area contributed by atoms with Crippen LogP contribution in [0.25, 0.3) is 22.3 Å². The number of carboxylic acid groups (broad SMARTS) is 1. The number of hydrogen-bond acceptors (Lipinski definition) is 6. The summed E-state index contributed by atoms with van der Waals surface area (Å²) in [6.07, 6.45) is 4.95. The lowest BCUT2D eigenvalue weighted by molar-refractivity contribution is -0.139. The SMILES string of the molecule is Cc1nc2cc(CNCc3cc(-c4cnccn4)ccc3OCC(=O)O)ccc2n1C. The maximum atomic E-state index is 10.9. The number of nitrogens with one attached hydrogen (secondary N) is 1. The largest absolute Gasteiger partial charge is 0.482 e. The monoisotopic (exact) mass is 417 g/mol. The first-order valence-electron chi connectivity index (χ1n) is 9.88. The van der Waals surface area contributed by atoms with E-state index < -0.39 is 12.6 Å². The molecular weight excluding hydrogens is 394 g/mol. The predicted octanol–water partition coefficient (Wildman–Crippen LogP) is 3.09. The van der Waals surface area contributed by atoms with Crippen molar-refractivity contribution in [3.8, 4) is 17.0 Å². The third-order valence-electron chi connectivity index (χ3n) is 5.08. The fourth-order valence-corrected chi connectivity index (χ4v) is 3.42. The molecule has 31 heavy (non-hydrogen) atoms. The van der Waals surface area contributed by atoms with E-state index in [2.05, 4.69) is 43.0 Å². The van der Waals surface area contributed by atoms with E-state index in [1.807, 2.05) is 26.1 Å². The standard InChI is InChI=1S/C23H23N5O3/c1-15-27-19-9-16(3-5-21(19)28(15)2)11-25-12-18-10-17(20-13-24-7-8-26-20)4-6-22(18)31-14-23(29)30/h3-10,13,25H,11-12,14H2,1-2H3,(H,29,30). The fourth-order valence-electron chi connectivity index (χ4n) is 3.42. The van der Waals surface area contributed by atoms with Crippen LogP contribution in [0, 0.1) is 6.92 Å². The van der Waals surface area contributed by atoms with Crippen molar-refractivity contribution in [3.05, 3.63) is 71.9 Å². The number of carboxylic acids is 1. The van der Waals surface area contributed by atoms with Crippen LogP contribution in [-0.4, -0.2) is 37.2 Å². The maximum absolute atomic E-state index is 10.9. The fraction of sp³-hybridized carbons (Fsp3) is 0.217. The third kappa shape index (κ3) is 4.70. The molecule has 4 aromatic rings. The molecule has 4 rings (SSSR count). The number of imidazole rings is 1. The maximum Gasteiger partial charge on any atom is 0.341 e. The first-order chi connectivity index (χ1) is 15.0. The van der Waals surface area contributed by atoms with Crippen LogP contribution in [0.3, 0.4) is 0 Å². The van der Waals surface area contributed by atoms with Crippen LogP contribution in [0.4, 0.5) is 0 Å².